The van der Waals surface area contributed by atoms with Gasteiger partial charge in [-0.05, 0) is 0 Å². The van der Waals surface area contributed by atoms with E-state index in [0.29, 0.717) is 0 Å². The Bertz CT molecular complexity index is 303. The fourth-order valence-corrected chi connectivity index (χ4v) is 0.956. The first-order valence-electron chi connectivity index (χ1n) is 4.53. The van der Waals surface area contributed by atoms with E-state index in [1.165, 1.54) is 0 Å². The molecule has 0 radical (unpaired) electrons. The molecule has 2 rings (SSSR count). The predicted molar refractivity (Wildman–Crippen MR) is 67.6 cm³/mol. The van der Waals surface area contributed by atoms with Crippen molar-refractivity contribution in [3.05, 3.63) is 85.6 Å². The molecule has 0 nitrogen and oxygen atoms in total. The largest absolute Gasteiger partial charge is 2.00 e. The van der Waals surface area contributed by atoms with E-state index < -0.39 is 0 Å². The van der Waals surface area contributed by atoms with Crippen molar-refractivity contribution in [2.24, 2.45) is 0 Å². The zero-order valence-electron chi connectivity index (χ0n) is 8.89. The van der Waals surface area contributed by atoms with E-state index in [1.54, 1.807) is 0 Å². The predicted octanol–water partition coefficient (Wildman–Crippen LogP) is 3.36. The number of hydrogen-bond acceptors (Lipinski definition) is 0. The Morgan fingerprint density at radius 1 is 0.533 bits per heavy atom. The summed E-state index contributed by atoms with van der Waals surface area (Å²) in [4.78, 5) is 0. The van der Waals surface area contributed by atoms with Gasteiger partial charge in [0.05, 0.1) is 0 Å². The van der Waals surface area contributed by atoms with Crippen LogP contribution in [0.5, 0.6) is 0 Å². The molecular formula is C14H14Ba. The monoisotopic (exact) mass is 320 g/mol. The van der Waals surface area contributed by atoms with Gasteiger partial charge in [-0.25, -0.2) is 0 Å². The fourth-order valence-electron chi connectivity index (χ4n) is 0.956. The standard InChI is InChI=1S/2C7H7.Ba/c2*1-7-5-3-2-4-6-7;/h2*2-6H,1H2;/q2*-1;+2. The second-order valence-electron chi connectivity index (χ2n) is 2.97. The maximum Gasteiger partial charge on any atom is 2.00 e. The molecule has 0 bridgehead atoms. The van der Waals surface area contributed by atoms with Gasteiger partial charge >= 0.3 is 48.9 Å². The first-order chi connectivity index (χ1) is 6.79. The third-order valence-electron chi connectivity index (χ3n) is 1.69. The Labute approximate surface area is 133 Å². The van der Waals surface area contributed by atoms with Gasteiger partial charge in [-0.2, -0.15) is 49.2 Å². The van der Waals surface area contributed by atoms with E-state index in [1.807, 2.05) is 60.7 Å². The maximum atomic E-state index is 3.72. The van der Waals surface area contributed by atoms with Crippen LogP contribution in [0.25, 0.3) is 0 Å². The number of benzene rings is 2. The summed E-state index contributed by atoms with van der Waals surface area (Å²) in [5.74, 6) is 0. The molecule has 1 heteroatoms. The van der Waals surface area contributed by atoms with E-state index in [4.69, 9.17) is 0 Å². The second-order valence-corrected chi connectivity index (χ2v) is 2.97. The van der Waals surface area contributed by atoms with Crippen LogP contribution in [0, 0.1) is 13.8 Å². The topological polar surface area (TPSA) is 0 Å². The Morgan fingerprint density at radius 2 is 0.800 bits per heavy atom. The molecule has 0 fully saturated rings. The minimum atomic E-state index is 0. The zero-order chi connectivity index (χ0) is 10.2. The summed E-state index contributed by atoms with van der Waals surface area (Å²) < 4.78 is 0. The number of hydrogen-bond donors (Lipinski definition) is 0. The third-order valence-corrected chi connectivity index (χ3v) is 1.69. The molecule has 2 aromatic rings. The van der Waals surface area contributed by atoms with E-state index in [9.17, 15) is 0 Å². The molecule has 0 unspecified atom stereocenters. The van der Waals surface area contributed by atoms with Crippen molar-refractivity contribution in [2.45, 2.75) is 0 Å². The van der Waals surface area contributed by atoms with E-state index in [0.717, 1.165) is 11.1 Å². The molecule has 0 spiro atoms. The van der Waals surface area contributed by atoms with Gasteiger partial charge in [-0.1, -0.05) is 12.1 Å². The quantitative estimate of drug-likeness (QED) is 0.516. The van der Waals surface area contributed by atoms with Crippen LogP contribution in [-0.2, 0) is 0 Å². The van der Waals surface area contributed by atoms with Crippen LogP contribution >= 0.6 is 0 Å². The SMILES string of the molecule is [Ba+2].[CH2-]c1ccccc1.[CH2-]c1ccccc1. The summed E-state index contributed by atoms with van der Waals surface area (Å²) in [6.45, 7) is 7.44. The molecule has 0 amide bonds. The van der Waals surface area contributed by atoms with Crippen molar-refractivity contribution in [3.63, 3.8) is 0 Å². The van der Waals surface area contributed by atoms with E-state index in [2.05, 4.69) is 13.8 Å². The second kappa shape index (κ2) is 9.01. The normalized spacial score (nSPS) is 8.00. The number of rotatable bonds is 0. The molecule has 0 saturated carbocycles. The van der Waals surface area contributed by atoms with Gasteiger partial charge in [0.25, 0.3) is 0 Å². The van der Waals surface area contributed by atoms with Crippen molar-refractivity contribution in [2.75, 3.05) is 0 Å². The van der Waals surface area contributed by atoms with Crippen molar-refractivity contribution >= 4 is 48.9 Å². The molecule has 0 aliphatic rings. The molecule has 0 atom stereocenters. The smallest absolute Gasteiger partial charge is 0.199 e. The fraction of sp³-hybridized carbons (Fsp3) is 0. The van der Waals surface area contributed by atoms with Crippen LogP contribution in [-0.4, -0.2) is 48.9 Å². The van der Waals surface area contributed by atoms with Crippen molar-refractivity contribution in [1.29, 1.82) is 0 Å². The van der Waals surface area contributed by atoms with Crippen molar-refractivity contribution in [3.8, 4) is 0 Å². The molecule has 0 heterocycles. The Morgan fingerprint density at radius 3 is 0.933 bits per heavy atom. The molecular weight excluding hydrogens is 305 g/mol. The summed E-state index contributed by atoms with van der Waals surface area (Å²) in [7, 11) is 0. The summed E-state index contributed by atoms with van der Waals surface area (Å²) in [6.07, 6.45) is 0. The van der Waals surface area contributed by atoms with Crippen LogP contribution in [0.4, 0.5) is 0 Å². The molecule has 0 N–H and O–H groups in total. The molecule has 0 aromatic heterocycles. The third kappa shape index (κ3) is 7.65. The van der Waals surface area contributed by atoms with Gasteiger partial charge in [0.15, 0.2) is 0 Å². The summed E-state index contributed by atoms with van der Waals surface area (Å²) in [5, 5.41) is 0. The average Bonchev–Trinajstić information content (AvgIpc) is 2.21. The Kier molecular flexibility index (Phi) is 8.86. The molecule has 72 valence electrons. The van der Waals surface area contributed by atoms with E-state index in [-0.39, 0.29) is 48.9 Å². The summed E-state index contributed by atoms with van der Waals surface area (Å²) in [6, 6.07) is 19.7. The average molecular weight is 320 g/mol. The molecule has 0 aliphatic heterocycles. The molecule has 15 heavy (non-hydrogen) atoms. The minimum absolute atomic E-state index is 0. The summed E-state index contributed by atoms with van der Waals surface area (Å²) in [5.41, 5.74) is 2.14. The first-order valence-corrected chi connectivity index (χ1v) is 4.53. The van der Waals surface area contributed by atoms with Gasteiger partial charge in [-0.15, -0.1) is 24.3 Å². The minimum Gasteiger partial charge on any atom is -0.199 e. The van der Waals surface area contributed by atoms with Crippen LogP contribution in [0.2, 0.25) is 0 Å². The van der Waals surface area contributed by atoms with Crippen LogP contribution < -0.4 is 0 Å². The molecule has 0 saturated heterocycles. The van der Waals surface area contributed by atoms with Gasteiger partial charge in [0.1, 0.15) is 0 Å². The van der Waals surface area contributed by atoms with Gasteiger partial charge < -0.3 is 0 Å². The molecule has 2 aromatic carbocycles. The van der Waals surface area contributed by atoms with Crippen LogP contribution in [0.15, 0.2) is 60.7 Å². The van der Waals surface area contributed by atoms with E-state index >= 15 is 0 Å². The van der Waals surface area contributed by atoms with Gasteiger partial charge in [0.2, 0.25) is 0 Å². The van der Waals surface area contributed by atoms with Crippen LogP contribution in [0.3, 0.4) is 0 Å². The first kappa shape index (κ1) is 14.8. The summed E-state index contributed by atoms with van der Waals surface area (Å²) >= 11 is 0. The van der Waals surface area contributed by atoms with Gasteiger partial charge in [0, 0.05) is 0 Å². The maximum absolute atomic E-state index is 3.72. The van der Waals surface area contributed by atoms with Crippen LogP contribution in [0.1, 0.15) is 11.1 Å². The zero-order valence-corrected chi connectivity index (χ0v) is 13.3. The Balaban J connectivity index is 0.000000245. The Hall–Kier alpha value is -0.249. The van der Waals surface area contributed by atoms with Gasteiger partial charge in [-0.3, -0.25) is 0 Å². The van der Waals surface area contributed by atoms with Crippen molar-refractivity contribution in [1.82, 2.24) is 0 Å². The molecule has 0 aliphatic carbocycles. The van der Waals surface area contributed by atoms with Crippen molar-refractivity contribution < 1.29 is 0 Å².